The van der Waals surface area contributed by atoms with E-state index in [4.69, 9.17) is 21.1 Å². The van der Waals surface area contributed by atoms with Crippen molar-refractivity contribution >= 4 is 11.6 Å². The van der Waals surface area contributed by atoms with Crippen LogP contribution in [-0.4, -0.2) is 25.3 Å². The maximum absolute atomic E-state index is 5.82. The number of benzene rings is 1. The normalized spacial score (nSPS) is 34.3. The Bertz CT molecular complexity index is 342. The van der Waals surface area contributed by atoms with Crippen LogP contribution in [0, 0.1) is 0 Å². The zero-order valence-electron chi connectivity index (χ0n) is 8.15. The standard InChI is InChI=1S/C11H12ClNO2/c12-8-3-1-7(2-4-8)11-14-9-5-13-6-10(9)15-11/h1-4,9-11,13H,5-6H2. The lowest BCUT2D eigenvalue weighted by atomic mass is 10.2. The fourth-order valence-corrected chi connectivity index (χ4v) is 2.15. The second-order valence-electron chi connectivity index (χ2n) is 3.89. The summed E-state index contributed by atoms with van der Waals surface area (Å²) >= 11 is 5.82. The highest BCUT2D eigenvalue weighted by molar-refractivity contribution is 6.30. The third-order valence-electron chi connectivity index (χ3n) is 2.84. The molecule has 15 heavy (non-hydrogen) atoms. The lowest BCUT2D eigenvalue weighted by molar-refractivity contribution is -0.0728. The molecule has 2 aliphatic rings. The van der Waals surface area contributed by atoms with Crippen LogP contribution in [0.4, 0.5) is 0 Å². The molecular weight excluding hydrogens is 214 g/mol. The van der Waals surface area contributed by atoms with Gasteiger partial charge in [0.15, 0.2) is 6.29 Å². The molecule has 0 aliphatic carbocycles. The number of ether oxygens (including phenoxy) is 2. The van der Waals surface area contributed by atoms with Gasteiger partial charge in [0.05, 0.1) is 0 Å². The molecule has 80 valence electrons. The number of hydrogen-bond donors (Lipinski definition) is 1. The molecular formula is C11H12ClNO2. The van der Waals surface area contributed by atoms with Gasteiger partial charge in [0.2, 0.25) is 0 Å². The molecule has 0 saturated carbocycles. The van der Waals surface area contributed by atoms with Crippen LogP contribution in [0.5, 0.6) is 0 Å². The maximum atomic E-state index is 5.82. The van der Waals surface area contributed by atoms with Gasteiger partial charge in [-0.25, -0.2) is 0 Å². The first-order valence-corrected chi connectivity index (χ1v) is 5.48. The van der Waals surface area contributed by atoms with Gasteiger partial charge >= 0.3 is 0 Å². The molecule has 2 fully saturated rings. The van der Waals surface area contributed by atoms with E-state index in [2.05, 4.69) is 5.32 Å². The van der Waals surface area contributed by atoms with Gasteiger partial charge in [-0.2, -0.15) is 0 Å². The number of rotatable bonds is 1. The highest BCUT2D eigenvalue weighted by Crippen LogP contribution is 2.33. The molecule has 2 atom stereocenters. The zero-order chi connectivity index (χ0) is 10.3. The summed E-state index contributed by atoms with van der Waals surface area (Å²) in [5.74, 6) is 0. The third-order valence-corrected chi connectivity index (χ3v) is 3.10. The smallest absolute Gasteiger partial charge is 0.184 e. The minimum absolute atomic E-state index is 0.200. The van der Waals surface area contributed by atoms with Crippen LogP contribution in [0.2, 0.25) is 5.02 Å². The molecule has 0 spiro atoms. The maximum Gasteiger partial charge on any atom is 0.184 e. The van der Waals surface area contributed by atoms with Crippen molar-refractivity contribution in [2.75, 3.05) is 13.1 Å². The Labute approximate surface area is 93.3 Å². The van der Waals surface area contributed by atoms with Crippen molar-refractivity contribution in [2.45, 2.75) is 18.5 Å². The first-order chi connectivity index (χ1) is 7.33. The molecule has 4 heteroatoms. The van der Waals surface area contributed by atoms with Gasteiger partial charge in [-0.15, -0.1) is 0 Å². The molecule has 2 unspecified atom stereocenters. The van der Waals surface area contributed by atoms with Crippen molar-refractivity contribution in [3.8, 4) is 0 Å². The van der Waals surface area contributed by atoms with Gasteiger partial charge in [-0.3, -0.25) is 0 Å². The van der Waals surface area contributed by atoms with Crippen molar-refractivity contribution in [3.63, 3.8) is 0 Å². The van der Waals surface area contributed by atoms with Crippen LogP contribution in [0.3, 0.4) is 0 Å². The van der Waals surface area contributed by atoms with Gasteiger partial charge in [0, 0.05) is 23.7 Å². The molecule has 1 aromatic carbocycles. The van der Waals surface area contributed by atoms with Gasteiger partial charge < -0.3 is 14.8 Å². The van der Waals surface area contributed by atoms with Crippen LogP contribution >= 0.6 is 11.6 Å². The van der Waals surface area contributed by atoms with Gasteiger partial charge in [-0.1, -0.05) is 23.7 Å². The summed E-state index contributed by atoms with van der Waals surface area (Å²) in [5, 5.41) is 3.97. The summed E-state index contributed by atoms with van der Waals surface area (Å²) in [6.07, 6.45) is 0.177. The highest BCUT2D eigenvalue weighted by atomic mass is 35.5. The summed E-state index contributed by atoms with van der Waals surface area (Å²) in [4.78, 5) is 0. The molecule has 2 saturated heterocycles. The first kappa shape index (κ1) is 9.60. The largest absolute Gasteiger partial charge is 0.341 e. The molecule has 3 rings (SSSR count). The average Bonchev–Trinajstić information content (AvgIpc) is 2.78. The summed E-state index contributed by atoms with van der Waals surface area (Å²) in [7, 11) is 0. The number of halogens is 1. The van der Waals surface area contributed by atoms with E-state index in [1.54, 1.807) is 0 Å². The quantitative estimate of drug-likeness (QED) is 0.790. The van der Waals surface area contributed by atoms with Gasteiger partial charge in [-0.05, 0) is 12.1 Å². The molecule has 2 heterocycles. The molecule has 3 nitrogen and oxygen atoms in total. The first-order valence-electron chi connectivity index (χ1n) is 5.10. The van der Waals surface area contributed by atoms with Crippen LogP contribution in [0.15, 0.2) is 24.3 Å². The van der Waals surface area contributed by atoms with E-state index >= 15 is 0 Å². The molecule has 0 bridgehead atoms. The fraction of sp³-hybridized carbons (Fsp3) is 0.455. The van der Waals surface area contributed by atoms with E-state index in [0.29, 0.717) is 0 Å². The Hall–Kier alpha value is -0.610. The molecule has 0 radical (unpaired) electrons. The second kappa shape index (κ2) is 3.76. The summed E-state index contributed by atoms with van der Waals surface area (Å²) in [6.45, 7) is 1.77. The van der Waals surface area contributed by atoms with Gasteiger partial charge in [0.25, 0.3) is 0 Å². The molecule has 0 aromatic heterocycles. The van der Waals surface area contributed by atoms with Crippen molar-refractivity contribution < 1.29 is 9.47 Å². The van der Waals surface area contributed by atoms with Crippen molar-refractivity contribution in [2.24, 2.45) is 0 Å². The number of nitrogens with one attached hydrogen (secondary N) is 1. The summed E-state index contributed by atoms with van der Waals surface area (Å²) in [5.41, 5.74) is 1.04. The molecule has 2 aliphatic heterocycles. The second-order valence-corrected chi connectivity index (χ2v) is 4.33. The minimum atomic E-state index is -0.223. The lowest BCUT2D eigenvalue weighted by Gasteiger charge is -2.11. The monoisotopic (exact) mass is 225 g/mol. The Kier molecular flexibility index (Phi) is 2.41. The fourth-order valence-electron chi connectivity index (χ4n) is 2.03. The summed E-state index contributed by atoms with van der Waals surface area (Å²) in [6, 6.07) is 7.61. The average molecular weight is 226 g/mol. The van der Waals surface area contributed by atoms with E-state index in [9.17, 15) is 0 Å². The van der Waals surface area contributed by atoms with E-state index in [-0.39, 0.29) is 18.5 Å². The summed E-state index contributed by atoms with van der Waals surface area (Å²) < 4.78 is 11.6. The van der Waals surface area contributed by atoms with Crippen LogP contribution in [-0.2, 0) is 9.47 Å². The predicted octanol–water partition coefficient (Wildman–Crippen LogP) is 1.73. The van der Waals surface area contributed by atoms with E-state index < -0.39 is 0 Å². The Morgan fingerprint density at radius 1 is 1.07 bits per heavy atom. The zero-order valence-corrected chi connectivity index (χ0v) is 8.91. The van der Waals surface area contributed by atoms with E-state index in [0.717, 1.165) is 23.7 Å². The van der Waals surface area contributed by atoms with Crippen molar-refractivity contribution in [1.29, 1.82) is 0 Å². The number of hydrogen-bond acceptors (Lipinski definition) is 3. The highest BCUT2D eigenvalue weighted by Gasteiger charge is 2.39. The Morgan fingerprint density at radius 2 is 1.67 bits per heavy atom. The van der Waals surface area contributed by atoms with E-state index in [1.807, 2.05) is 24.3 Å². The minimum Gasteiger partial charge on any atom is -0.341 e. The molecule has 1 N–H and O–H groups in total. The molecule has 1 aromatic rings. The Morgan fingerprint density at radius 3 is 2.27 bits per heavy atom. The number of fused-ring (bicyclic) bond motifs is 1. The predicted molar refractivity (Wildman–Crippen MR) is 56.8 cm³/mol. The van der Waals surface area contributed by atoms with E-state index in [1.165, 1.54) is 0 Å². The SMILES string of the molecule is Clc1ccc(C2OC3CNCC3O2)cc1. The van der Waals surface area contributed by atoms with Crippen LogP contribution in [0.1, 0.15) is 11.9 Å². The van der Waals surface area contributed by atoms with Crippen molar-refractivity contribution in [1.82, 2.24) is 5.32 Å². The van der Waals surface area contributed by atoms with Crippen LogP contribution in [0.25, 0.3) is 0 Å². The lowest BCUT2D eigenvalue weighted by Crippen LogP contribution is -2.18. The molecule has 0 amide bonds. The topological polar surface area (TPSA) is 30.5 Å². The van der Waals surface area contributed by atoms with Gasteiger partial charge in [0.1, 0.15) is 12.2 Å². The third kappa shape index (κ3) is 1.76. The Balaban J connectivity index is 1.76. The van der Waals surface area contributed by atoms with Crippen molar-refractivity contribution in [3.05, 3.63) is 34.9 Å². The van der Waals surface area contributed by atoms with Crippen LogP contribution < -0.4 is 5.32 Å².